The molecule has 0 aromatic heterocycles. The van der Waals surface area contributed by atoms with Crippen LogP contribution < -0.4 is 0 Å². The Morgan fingerprint density at radius 3 is 1.84 bits per heavy atom. The smallest absolute Gasteiger partial charge is 0.332 e. The number of nitrogens with zero attached hydrogens (tertiary/aromatic N) is 2. The summed E-state index contributed by atoms with van der Waals surface area (Å²) in [5.41, 5.74) is 3.78. The summed E-state index contributed by atoms with van der Waals surface area (Å²) in [6.07, 6.45) is 4.30. The fourth-order valence-electron chi connectivity index (χ4n) is 4.03. The van der Waals surface area contributed by atoms with E-state index in [-0.39, 0.29) is 6.10 Å². The van der Waals surface area contributed by atoms with Gasteiger partial charge in [-0.25, -0.2) is 4.79 Å². The Morgan fingerprint density at radius 1 is 0.865 bits per heavy atom. The van der Waals surface area contributed by atoms with Gasteiger partial charge in [-0.2, -0.15) is 0 Å². The Morgan fingerprint density at radius 2 is 1.35 bits per heavy atom. The second-order valence-electron chi connectivity index (χ2n) is 9.04. The van der Waals surface area contributed by atoms with Gasteiger partial charge in [-0.15, -0.1) is 0 Å². The summed E-state index contributed by atoms with van der Waals surface area (Å²) < 4.78 is 6.39. The molecule has 6 heteroatoms. The lowest BCUT2D eigenvalue weighted by atomic mass is 10.0. The Bertz CT molecular complexity index is 1010. The molecule has 0 aliphatic carbocycles. The van der Waals surface area contributed by atoms with E-state index < -0.39 is 12.1 Å². The maximum absolute atomic E-state index is 9.45. The van der Waals surface area contributed by atoms with Crippen molar-refractivity contribution in [3.63, 3.8) is 0 Å². The molecule has 3 aromatic rings. The van der Waals surface area contributed by atoms with E-state index in [4.69, 9.17) is 14.9 Å². The number of carboxylic acids is 1. The number of rotatable bonds is 10. The van der Waals surface area contributed by atoms with Crippen LogP contribution in [-0.2, 0) is 16.0 Å². The lowest BCUT2D eigenvalue weighted by molar-refractivity contribution is -0.145. The molecule has 3 aromatic carbocycles. The standard InChI is InChI=1S/C28H32N2O.C3H6O3/c1-4-11-25(12-5-1)13-10-18-29-19-21-30(22-20-29)23-24-31-28(26-14-6-2-7-15-26)27-16-8-3-9-17-27;1-2(4)3(5)6/h1-12,14-18,28H,13,19-24H2;2,4H,1H3,(H,5,6)/b18-10+;. The first-order chi connectivity index (χ1) is 18.0. The normalized spacial score (nSPS) is 14.8. The number of ether oxygens (including phenoxy) is 1. The van der Waals surface area contributed by atoms with E-state index in [9.17, 15) is 4.79 Å². The van der Waals surface area contributed by atoms with Crippen LogP contribution in [0.15, 0.2) is 103 Å². The Labute approximate surface area is 220 Å². The molecular formula is C31H38N2O4. The van der Waals surface area contributed by atoms with Gasteiger partial charge in [0, 0.05) is 32.7 Å². The van der Waals surface area contributed by atoms with Gasteiger partial charge in [-0.3, -0.25) is 4.90 Å². The first-order valence-electron chi connectivity index (χ1n) is 12.8. The van der Waals surface area contributed by atoms with Crippen molar-refractivity contribution in [1.29, 1.82) is 0 Å². The van der Waals surface area contributed by atoms with Gasteiger partial charge in [0.05, 0.1) is 6.61 Å². The lowest BCUT2D eigenvalue weighted by Crippen LogP contribution is -2.45. The van der Waals surface area contributed by atoms with Crippen molar-refractivity contribution in [2.75, 3.05) is 39.3 Å². The predicted octanol–water partition coefficient (Wildman–Crippen LogP) is 4.62. The number of carboxylic acid groups (broad SMARTS) is 1. The highest BCUT2D eigenvalue weighted by atomic mass is 16.5. The molecule has 1 heterocycles. The molecule has 1 aliphatic rings. The zero-order valence-electron chi connectivity index (χ0n) is 21.5. The summed E-state index contributed by atoms with van der Waals surface area (Å²) in [7, 11) is 0. The van der Waals surface area contributed by atoms with Crippen LogP contribution in [0.25, 0.3) is 0 Å². The quantitative estimate of drug-likeness (QED) is 0.422. The first kappa shape index (κ1) is 28.1. The molecule has 0 saturated carbocycles. The van der Waals surface area contributed by atoms with Gasteiger partial charge in [0.25, 0.3) is 0 Å². The maximum atomic E-state index is 9.45. The highest BCUT2D eigenvalue weighted by Gasteiger charge is 2.17. The number of aliphatic hydroxyl groups excluding tert-OH is 1. The van der Waals surface area contributed by atoms with Crippen molar-refractivity contribution < 1.29 is 19.7 Å². The lowest BCUT2D eigenvalue weighted by Gasteiger charge is -2.34. The van der Waals surface area contributed by atoms with E-state index in [0.717, 1.165) is 45.8 Å². The maximum Gasteiger partial charge on any atom is 0.332 e. The largest absolute Gasteiger partial charge is 0.479 e. The third-order valence-corrected chi connectivity index (χ3v) is 6.17. The van der Waals surface area contributed by atoms with Gasteiger partial charge in [0.2, 0.25) is 0 Å². The zero-order chi connectivity index (χ0) is 26.3. The van der Waals surface area contributed by atoms with E-state index in [1.165, 1.54) is 23.6 Å². The van der Waals surface area contributed by atoms with Crippen LogP contribution >= 0.6 is 0 Å². The van der Waals surface area contributed by atoms with Gasteiger partial charge in [-0.05, 0) is 36.2 Å². The molecule has 196 valence electrons. The van der Waals surface area contributed by atoms with Crippen LogP contribution in [-0.4, -0.2) is 71.4 Å². The van der Waals surface area contributed by atoms with E-state index in [2.05, 4.69) is 113 Å². The van der Waals surface area contributed by atoms with Crippen LogP contribution in [0.4, 0.5) is 0 Å². The van der Waals surface area contributed by atoms with Crippen LogP contribution in [0.2, 0.25) is 0 Å². The summed E-state index contributed by atoms with van der Waals surface area (Å²) >= 11 is 0. The number of hydrogen-bond donors (Lipinski definition) is 2. The monoisotopic (exact) mass is 502 g/mol. The highest BCUT2D eigenvalue weighted by molar-refractivity contribution is 5.71. The molecule has 1 saturated heterocycles. The number of aliphatic hydroxyl groups is 1. The molecule has 37 heavy (non-hydrogen) atoms. The number of aliphatic carboxylic acids is 1. The minimum absolute atomic E-state index is 0.00962. The number of allylic oxidation sites excluding steroid dienone is 1. The van der Waals surface area contributed by atoms with Gasteiger partial charge in [-0.1, -0.05) is 97.1 Å². The zero-order valence-corrected chi connectivity index (χ0v) is 21.5. The summed E-state index contributed by atoms with van der Waals surface area (Å²) in [4.78, 5) is 14.4. The van der Waals surface area contributed by atoms with Crippen molar-refractivity contribution in [2.24, 2.45) is 0 Å². The molecule has 4 rings (SSSR count). The molecule has 6 nitrogen and oxygen atoms in total. The molecule has 1 atom stereocenters. The Balaban J connectivity index is 0.000000568. The van der Waals surface area contributed by atoms with E-state index in [1.54, 1.807) is 0 Å². The minimum Gasteiger partial charge on any atom is -0.479 e. The van der Waals surface area contributed by atoms with Crippen molar-refractivity contribution in [1.82, 2.24) is 9.80 Å². The molecule has 1 aliphatic heterocycles. The van der Waals surface area contributed by atoms with Crippen molar-refractivity contribution in [3.8, 4) is 0 Å². The molecule has 0 spiro atoms. The van der Waals surface area contributed by atoms with E-state index in [0.29, 0.717) is 0 Å². The predicted molar refractivity (Wildman–Crippen MR) is 147 cm³/mol. The summed E-state index contributed by atoms with van der Waals surface area (Å²) in [6.45, 7) is 7.22. The minimum atomic E-state index is -1.23. The third kappa shape index (κ3) is 10.2. The SMILES string of the molecule is C(=C\N1CCN(CCOC(c2ccccc2)c2ccccc2)CC1)/Cc1ccccc1.CC(O)C(=O)O. The van der Waals surface area contributed by atoms with Crippen LogP contribution in [0.3, 0.4) is 0 Å². The van der Waals surface area contributed by atoms with Gasteiger partial charge >= 0.3 is 5.97 Å². The summed E-state index contributed by atoms with van der Waals surface area (Å²) in [5, 5.41) is 15.8. The van der Waals surface area contributed by atoms with Gasteiger partial charge in [0.1, 0.15) is 12.2 Å². The fourth-order valence-corrected chi connectivity index (χ4v) is 4.03. The Hall–Kier alpha value is -3.45. The number of hydrogen-bond acceptors (Lipinski definition) is 5. The van der Waals surface area contributed by atoms with Gasteiger partial charge in [0.15, 0.2) is 0 Å². The van der Waals surface area contributed by atoms with Gasteiger partial charge < -0.3 is 19.8 Å². The molecule has 2 N–H and O–H groups in total. The average molecular weight is 503 g/mol. The second kappa shape index (κ2) is 15.6. The second-order valence-corrected chi connectivity index (χ2v) is 9.04. The van der Waals surface area contributed by atoms with E-state index in [1.807, 2.05) is 0 Å². The van der Waals surface area contributed by atoms with Crippen molar-refractivity contribution in [2.45, 2.75) is 25.6 Å². The number of piperazine rings is 1. The molecule has 1 fully saturated rings. The fraction of sp³-hybridized carbons (Fsp3) is 0.323. The average Bonchev–Trinajstić information content (AvgIpc) is 2.94. The molecule has 1 unspecified atom stereocenters. The Kier molecular flexibility index (Phi) is 11.9. The molecule has 0 radical (unpaired) electrons. The van der Waals surface area contributed by atoms with Crippen LogP contribution in [0.1, 0.15) is 29.7 Å². The summed E-state index contributed by atoms with van der Waals surface area (Å²) in [5.74, 6) is -1.19. The third-order valence-electron chi connectivity index (χ3n) is 6.17. The van der Waals surface area contributed by atoms with Crippen LogP contribution in [0.5, 0.6) is 0 Å². The van der Waals surface area contributed by atoms with Crippen molar-refractivity contribution >= 4 is 5.97 Å². The molecule has 0 amide bonds. The highest BCUT2D eigenvalue weighted by Crippen LogP contribution is 2.25. The topological polar surface area (TPSA) is 73.2 Å². The van der Waals surface area contributed by atoms with Crippen molar-refractivity contribution in [3.05, 3.63) is 120 Å². The molecular weight excluding hydrogens is 464 g/mol. The molecule has 0 bridgehead atoms. The van der Waals surface area contributed by atoms with E-state index >= 15 is 0 Å². The number of carbonyl (C=O) groups is 1. The number of benzene rings is 3. The first-order valence-corrected chi connectivity index (χ1v) is 12.8. The van der Waals surface area contributed by atoms with Crippen LogP contribution in [0, 0.1) is 0 Å². The summed E-state index contributed by atoms with van der Waals surface area (Å²) in [6, 6.07) is 31.7.